The lowest BCUT2D eigenvalue weighted by Gasteiger charge is -2.10. The molecule has 3 aromatic rings. The summed E-state index contributed by atoms with van der Waals surface area (Å²) in [6.45, 7) is 8.09. The summed E-state index contributed by atoms with van der Waals surface area (Å²) in [6.07, 6.45) is 1.95. The molecule has 0 saturated carbocycles. The first kappa shape index (κ1) is 20.4. The number of guanidine groups is 1. The summed E-state index contributed by atoms with van der Waals surface area (Å²) in [4.78, 5) is 4.71. The van der Waals surface area contributed by atoms with E-state index in [9.17, 15) is 0 Å². The van der Waals surface area contributed by atoms with Gasteiger partial charge < -0.3 is 15.4 Å². The van der Waals surface area contributed by atoms with Crippen molar-refractivity contribution in [3.8, 4) is 11.4 Å². The second-order valence-electron chi connectivity index (χ2n) is 6.77. The van der Waals surface area contributed by atoms with Gasteiger partial charge in [0.25, 0.3) is 0 Å². The largest absolute Gasteiger partial charge is 0.497 e. The Bertz CT molecular complexity index is 970. The molecule has 8 nitrogen and oxygen atoms in total. The van der Waals surface area contributed by atoms with E-state index in [0.717, 1.165) is 46.6 Å². The standard InChI is InChI=1S/C21H29N7O/c1-6-22-21(24-14-20-15(2)25-27(4)16(20)3)23-13-17-11-12-28(26-17)18-7-9-19(29-5)10-8-18/h7-12H,6,13-14H2,1-5H3,(H2,22,23,24). The van der Waals surface area contributed by atoms with Crippen molar-refractivity contribution < 1.29 is 4.74 Å². The molecular formula is C21H29N7O. The number of benzene rings is 1. The molecule has 2 heterocycles. The summed E-state index contributed by atoms with van der Waals surface area (Å²) >= 11 is 0. The van der Waals surface area contributed by atoms with Crippen molar-refractivity contribution in [3.63, 3.8) is 0 Å². The molecule has 8 heteroatoms. The number of hydrogen-bond acceptors (Lipinski definition) is 4. The molecule has 2 N–H and O–H groups in total. The predicted molar refractivity (Wildman–Crippen MR) is 114 cm³/mol. The maximum Gasteiger partial charge on any atom is 0.191 e. The fraction of sp³-hybridized carbons (Fsp3) is 0.381. The Balaban J connectivity index is 1.65. The Hall–Kier alpha value is -3.29. The minimum atomic E-state index is 0.583. The van der Waals surface area contributed by atoms with Crippen molar-refractivity contribution >= 4 is 5.96 Å². The molecule has 1 aromatic carbocycles. The SMILES string of the molecule is CCNC(=NCc1c(C)nn(C)c1C)NCc1ccn(-c2ccc(OC)cc2)n1. The van der Waals surface area contributed by atoms with E-state index in [0.29, 0.717) is 13.1 Å². The number of nitrogens with zero attached hydrogens (tertiary/aromatic N) is 5. The molecule has 154 valence electrons. The van der Waals surface area contributed by atoms with Crippen LogP contribution in [-0.4, -0.2) is 39.2 Å². The molecule has 0 saturated heterocycles. The molecule has 0 fully saturated rings. The van der Waals surface area contributed by atoms with Gasteiger partial charge in [0.1, 0.15) is 5.75 Å². The Labute approximate surface area is 171 Å². The highest BCUT2D eigenvalue weighted by atomic mass is 16.5. The molecule has 29 heavy (non-hydrogen) atoms. The summed E-state index contributed by atoms with van der Waals surface area (Å²) in [5.74, 6) is 1.59. The molecule has 3 rings (SSSR count). The van der Waals surface area contributed by atoms with E-state index in [-0.39, 0.29) is 0 Å². The van der Waals surface area contributed by atoms with Gasteiger partial charge in [-0.25, -0.2) is 9.67 Å². The average Bonchev–Trinajstić information content (AvgIpc) is 3.29. The van der Waals surface area contributed by atoms with Crippen LogP contribution in [0.25, 0.3) is 5.69 Å². The lowest BCUT2D eigenvalue weighted by molar-refractivity contribution is 0.414. The van der Waals surface area contributed by atoms with E-state index in [1.165, 1.54) is 0 Å². The zero-order valence-electron chi connectivity index (χ0n) is 17.7. The molecule has 0 unspecified atom stereocenters. The number of ether oxygens (including phenoxy) is 1. The van der Waals surface area contributed by atoms with Gasteiger partial charge in [-0.1, -0.05) is 0 Å². The highest BCUT2D eigenvalue weighted by Crippen LogP contribution is 2.15. The number of aromatic nitrogens is 4. The third-order valence-corrected chi connectivity index (χ3v) is 4.82. The summed E-state index contributed by atoms with van der Waals surface area (Å²) < 4.78 is 8.95. The lowest BCUT2D eigenvalue weighted by Crippen LogP contribution is -2.37. The first-order valence-corrected chi connectivity index (χ1v) is 9.72. The predicted octanol–water partition coefficient (Wildman–Crippen LogP) is 2.49. The van der Waals surface area contributed by atoms with Crippen molar-refractivity contribution in [3.05, 3.63) is 59.2 Å². The van der Waals surface area contributed by atoms with Gasteiger partial charge in [-0.2, -0.15) is 10.2 Å². The molecule has 0 radical (unpaired) electrons. The zero-order chi connectivity index (χ0) is 20.8. The van der Waals surface area contributed by atoms with E-state index in [1.54, 1.807) is 7.11 Å². The van der Waals surface area contributed by atoms with Gasteiger partial charge in [0.05, 0.1) is 37.3 Å². The summed E-state index contributed by atoms with van der Waals surface area (Å²) in [5.41, 5.74) is 5.23. The van der Waals surface area contributed by atoms with E-state index >= 15 is 0 Å². The third-order valence-electron chi connectivity index (χ3n) is 4.82. The zero-order valence-corrected chi connectivity index (χ0v) is 17.7. The van der Waals surface area contributed by atoms with Gasteiger partial charge in [-0.05, 0) is 51.1 Å². The smallest absolute Gasteiger partial charge is 0.191 e. The highest BCUT2D eigenvalue weighted by molar-refractivity contribution is 5.79. The molecule has 0 spiro atoms. The normalized spacial score (nSPS) is 11.6. The molecule has 0 aliphatic rings. The lowest BCUT2D eigenvalue weighted by atomic mass is 10.2. The topological polar surface area (TPSA) is 81.3 Å². The molecule has 0 aliphatic carbocycles. The number of nitrogens with one attached hydrogen (secondary N) is 2. The Morgan fingerprint density at radius 2 is 1.86 bits per heavy atom. The van der Waals surface area contributed by atoms with Crippen LogP contribution in [0.5, 0.6) is 5.75 Å². The first-order chi connectivity index (χ1) is 14.0. The van der Waals surface area contributed by atoms with Gasteiger partial charge in [0, 0.05) is 31.0 Å². The van der Waals surface area contributed by atoms with Crippen molar-refractivity contribution in [1.29, 1.82) is 0 Å². The number of aliphatic imine (C=N–C) groups is 1. The molecule has 0 bridgehead atoms. The van der Waals surface area contributed by atoms with Crippen molar-refractivity contribution in [2.24, 2.45) is 12.0 Å². The molecule has 0 atom stereocenters. The second-order valence-corrected chi connectivity index (χ2v) is 6.77. The average molecular weight is 396 g/mol. The van der Waals surface area contributed by atoms with Gasteiger partial charge in [-0.3, -0.25) is 4.68 Å². The number of hydrogen-bond donors (Lipinski definition) is 2. The fourth-order valence-corrected chi connectivity index (χ4v) is 3.06. The Morgan fingerprint density at radius 3 is 2.48 bits per heavy atom. The van der Waals surface area contributed by atoms with Crippen LogP contribution in [0.3, 0.4) is 0 Å². The second kappa shape index (κ2) is 9.27. The number of aryl methyl sites for hydroxylation is 2. The van der Waals surface area contributed by atoms with Gasteiger partial charge in [0.15, 0.2) is 5.96 Å². The van der Waals surface area contributed by atoms with E-state index in [1.807, 2.05) is 59.9 Å². The minimum Gasteiger partial charge on any atom is -0.497 e. The van der Waals surface area contributed by atoms with Crippen molar-refractivity contribution in [2.75, 3.05) is 13.7 Å². The minimum absolute atomic E-state index is 0.583. The highest BCUT2D eigenvalue weighted by Gasteiger charge is 2.09. The summed E-state index contributed by atoms with van der Waals surface area (Å²) in [7, 11) is 3.62. The quantitative estimate of drug-likeness (QED) is 0.475. The third kappa shape index (κ3) is 4.96. The number of rotatable bonds is 7. The van der Waals surface area contributed by atoms with Crippen LogP contribution in [0.1, 0.15) is 29.6 Å². The molecule has 2 aromatic heterocycles. The van der Waals surface area contributed by atoms with Crippen molar-refractivity contribution in [1.82, 2.24) is 30.2 Å². The van der Waals surface area contributed by atoms with Crippen LogP contribution in [-0.2, 0) is 20.1 Å². The van der Waals surface area contributed by atoms with E-state index in [2.05, 4.69) is 34.7 Å². The van der Waals surface area contributed by atoms with Crippen LogP contribution < -0.4 is 15.4 Å². The van der Waals surface area contributed by atoms with Crippen LogP contribution in [0, 0.1) is 13.8 Å². The maximum atomic E-state index is 5.20. The summed E-state index contributed by atoms with van der Waals surface area (Å²) in [6, 6.07) is 9.80. The first-order valence-electron chi connectivity index (χ1n) is 9.72. The monoisotopic (exact) mass is 395 g/mol. The van der Waals surface area contributed by atoms with Crippen LogP contribution in [0.2, 0.25) is 0 Å². The van der Waals surface area contributed by atoms with Crippen LogP contribution in [0.4, 0.5) is 0 Å². The van der Waals surface area contributed by atoms with E-state index in [4.69, 9.17) is 9.73 Å². The Kier molecular flexibility index (Phi) is 6.54. The fourth-order valence-electron chi connectivity index (χ4n) is 3.06. The Morgan fingerprint density at radius 1 is 1.10 bits per heavy atom. The molecular weight excluding hydrogens is 366 g/mol. The van der Waals surface area contributed by atoms with Gasteiger partial charge in [-0.15, -0.1) is 0 Å². The van der Waals surface area contributed by atoms with Crippen LogP contribution >= 0.6 is 0 Å². The van der Waals surface area contributed by atoms with Crippen molar-refractivity contribution in [2.45, 2.75) is 33.9 Å². The van der Waals surface area contributed by atoms with Gasteiger partial charge in [0.2, 0.25) is 0 Å². The number of methoxy groups -OCH3 is 1. The maximum absolute atomic E-state index is 5.20. The van der Waals surface area contributed by atoms with Crippen LogP contribution in [0.15, 0.2) is 41.5 Å². The summed E-state index contributed by atoms with van der Waals surface area (Å²) in [5, 5.41) is 15.7. The van der Waals surface area contributed by atoms with E-state index < -0.39 is 0 Å². The molecule has 0 aliphatic heterocycles. The van der Waals surface area contributed by atoms with Gasteiger partial charge >= 0.3 is 0 Å². The molecule has 0 amide bonds.